The highest BCUT2D eigenvalue weighted by Crippen LogP contribution is 2.27. The molecule has 0 aliphatic rings. The van der Waals surface area contributed by atoms with E-state index in [0.717, 1.165) is 12.2 Å². The summed E-state index contributed by atoms with van der Waals surface area (Å²) in [6.45, 7) is 6.69. The Morgan fingerprint density at radius 2 is 1.82 bits per heavy atom. The van der Waals surface area contributed by atoms with Gasteiger partial charge < -0.3 is 10.0 Å². The maximum Gasteiger partial charge on any atom is 0.0453 e. The lowest BCUT2D eigenvalue weighted by Crippen LogP contribution is -2.41. The minimum Gasteiger partial charge on any atom is -0.396 e. The van der Waals surface area contributed by atoms with Gasteiger partial charge in [0.15, 0.2) is 0 Å². The molecule has 1 aromatic rings. The third-order valence-corrected chi connectivity index (χ3v) is 4.06. The van der Waals surface area contributed by atoms with Crippen LogP contribution >= 0.6 is 11.8 Å². The molecule has 0 amide bonds. The van der Waals surface area contributed by atoms with E-state index >= 15 is 0 Å². The highest BCUT2D eigenvalue weighted by Gasteiger charge is 2.22. The van der Waals surface area contributed by atoms with Crippen molar-refractivity contribution in [2.75, 3.05) is 24.3 Å². The monoisotopic (exact) mass is 253 g/mol. The van der Waals surface area contributed by atoms with Crippen LogP contribution in [0.5, 0.6) is 0 Å². The molecular formula is C14H23NOS. The van der Waals surface area contributed by atoms with Gasteiger partial charge in [-0.15, -0.1) is 11.8 Å². The summed E-state index contributed by atoms with van der Waals surface area (Å²) in [7, 11) is 2.08. The van der Waals surface area contributed by atoms with Crippen molar-refractivity contribution in [3.05, 3.63) is 24.3 Å². The number of benzene rings is 1. The molecule has 17 heavy (non-hydrogen) atoms. The first-order valence-electron chi connectivity index (χ1n) is 6.09. The summed E-state index contributed by atoms with van der Waals surface area (Å²) in [6, 6.07) is 8.62. The van der Waals surface area contributed by atoms with E-state index in [1.807, 2.05) is 11.8 Å². The molecule has 1 rings (SSSR count). The first-order valence-corrected chi connectivity index (χ1v) is 7.07. The van der Waals surface area contributed by atoms with E-state index in [-0.39, 0.29) is 12.1 Å². The van der Waals surface area contributed by atoms with Gasteiger partial charge in [0.2, 0.25) is 0 Å². The fourth-order valence-corrected chi connectivity index (χ4v) is 2.39. The fraction of sp³-hybridized carbons (Fsp3) is 0.571. The van der Waals surface area contributed by atoms with Crippen LogP contribution in [-0.2, 0) is 0 Å². The van der Waals surface area contributed by atoms with Crippen molar-refractivity contribution in [1.29, 1.82) is 0 Å². The Balaban J connectivity index is 2.78. The van der Waals surface area contributed by atoms with Gasteiger partial charge in [0.05, 0.1) is 0 Å². The van der Waals surface area contributed by atoms with Crippen LogP contribution in [0, 0.1) is 0 Å². The first kappa shape index (κ1) is 14.4. The van der Waals surface area contributed by atoms with Crippen LogP contribution in [0.2, 0.25) is 0 Å². The van der Waals surface area contributed by atoms with E-state index in [2.05, 4.69) is 57.0 Å². The zero-order valence-electron chi connectivity index (χ0n) is 11.2. The lowest BCUT2D eigenvalue weighted by molar-refractivity contribution is 0.250. The molecule has 2 nitrogen and oxygen atoms in total. The number of aliphatic hydroxyl groups is 1. The van der Waals surface area contributed by atoms with Crippen molar-refractivity contribution in [2.45, 2.75) is 37.6 Å². The highest BCUT2D eigenvalue weighted by molar-refractivity contribution is 7.99. The van der Waals surface area contributed by atoms with Crippen molar-refractivity contribution >= 4 is 17.4 Å². The van der Waals surface area contributed by atoms with E-state index in [4.69, 9.17) is 5.11 Å². The minimum atomic E-state index is -0.0197. The molecular weight excluding hydrogens is 230 g/mol. The maximum atomic E-state index is 9.08. The minimum absolute atomic E-state index is 0.0197. The quantitative estimate of drug-likeness (QED) is 0.786. The van der Waals surface area contributed by atoms with Crippen molar-refractivity contribution in [3.63, 3.8) is 0 Å². The van der Waals surface area contributed by atoms with Gasteiger partial charge in [0.25, 0.3) is 0 Å². The number of thioether (sulfide) groups is 1. The molecule has 0 spiro atoms. The molecule has 0 aromatic heterocycles. The van der Waals surface area contributed by atoms with Gasteiger partial charge in [0.1, 0.15) is 0 Å². The molecule has 0 radical (unpaired) electrons. The van der Waals surface area contributed by atoms with Crippen molar-refractivity contribution in [3.8, 4) is 0 Å². The van der Waals surface area contributed by atoms with E-state index < -0.39 is 0 Å². The van der Waals surface area contributed by atoms with Crippen LogP contribution in [0.3, 0.4) is 0 Å². The molecule has 0 saturated carbocycles. The Bertz CT molecular complexity index is 335. The molecule has 96 valence electrons. The second-order valence-electron chi connectivity index (χ2n) is 4.77. The third-order valence-electron chi connectivity index (χ3n) is 3.17. The summed E-state index contributed by atoms with van der Waals surface area (Å²) in [5.74, 6) is 1.10. The molecule has 0 fully saturated rings. The average molecular weight is 253 g/mol. The van der Waals surface area contributed by atoms with Crippen LogP contribution in [0.1, 0.15) is 27.2 Å². The molecule has 3 heteroatoms. The first-order chi connectivity index (χ1) is 8.01. The van der Waals surface area contributed by atoms with Crippen LogP contribution in [0.4, 0.5) is 5.69 Å². The van der Waals surface area contributed by atoms with E-state index in [1.54, 1.807) is 0 Å². The van der Waals surface area contributed by atoms with Gasteiger partial charge in [-0.1, -0.05) is 6.92 Å². The van der Waals surface area contributed by atoms with Crippen LogP contribution in [0.15, 0.2) is 29.2 Å². The molecule has 0 heterocycles. The number of hydrogen-bond acceptors (Lipinski definition) is 3. The molecule has 1 N–H and O–H groups in total. The summed E-state index contributed by atoms with van der Waals surface area (Å²) in [5.41, 5.74) is 1.18. The Hall–Kier alpha value is -0.670. The Kier molecular flexibility index (Phi) is 5.34. The predicted molar refractivity (Wildman–Crippen MR) is 77.0 cm³/mol. The number of rotatable bonds is 6. The van der Waals surface area contributed by atoms with Crippen LogP contribution < -0.4 is 4.90 Å². The molecule has 0 saturated heterocycles. The SMILES string of the molecule is CCSc1ccc(N(C)C(C)(C)CCO)cc1. The number of nitrogens with zero attached hydrogens (tertiary/aromatic N) is 1. The van der Waals surface area contributed by atoms with Gasteiger partial charge in [-0.2, -0.15) is 0 Å². The zero-order chi connectivity index (χ0) is 12.9. The van der Waals surface area contributed by atoms with Gasteiger partial charge in [0, 0.05) is 29.8 Å². The van der Waals surface area contributed by atoms with Crippen LogP contribution in [0.25, 0.3) is 0 Å². The summed E-state index contributed by atoms with van der Waals surface area (Å²) in [5, 5.41) is 9.08. The Morgan fingerprint density at radius 1 is 1.24 bits per heavy atom. The summed E-state index contributed by atoms with van der Waals surface area (Å²) < 4.78 is 0. The second-order valence-corrected chi connectivity index (χ2v) is 6.11. The van der Waals surface area contributed by atoms with E-state index in [9.17, 15) is 0 Å². The summed E-state index contributed by atoms with van der Waals surface area (Å²) in [6.07, 6.45) is 0.773. The van der Waals surface area contributed by atoms with E-state index in [1.165, 1.54) is 10.6 Å². The summed E-state index contributed by atoms with van der Waals surface area (Å²) in [4.78, 5) is 3.54. The van der Waals surface area contributed by atoms with Gasteiger partial charge in [-0.3, -0.25) is 0 Å². The number of hydrogen-bond donors (Lipinski definition) is 1. The fourth-order valence-electron chi connectivity index (χ4n) is 1.72. The van der Waals surface area contributed by atoms with Gasteiger partial charge in [-0.05, 0) is 50.3 Å². The lowest BCUT2D eigenvalue weighted by Gasteiger charge is -2.37. The molecule has 0 aliphatic heterocycles. The highest BCUT2D eigenvalue weighted by atomic mass is 32.2. The Labute approximate surface area is 109 Å². The molecule has 0 unspecified atom stereocenters. The van der Waals surface area contributed by atoms with Crippen LogP contribution in [-0.4, -0.2) is 30.1 Å². The Morgan fingerprint density at radius 3 is 2.29 bits per heavy atom. The standard InChI is InChI=1S/C14H23NOS/c1-5-17-13-8-6-12(7-9-13)15(4)14(2,3)10-11-16/h6-9,16H,5,10-11H2,1-4H3. The largest absolute Gasteiger partial charge is 0.396 e. The molecule has 0 aliphatic carbocycles. The van der Waals surface area contributed by atoms with Gasteiger partial charge >= 0.3 is 0 Å². The number of anilines is 1. The normalized spacial score (nSPS) is 11.6. The second kappa shape index (κ2) is 6.31. The van der Waals surface area contributed by atoms with Gasteiger partial charge in [-0.25, -0.2) is 0 Å². The number of aliphatic hydroxyl groups excluding tert-OH is 1. The maximum absolute atomic E-state index is 9.08. The van der Waals surface area contributed by atoms with Crippen molar-refractivity contribution in [1.82, 2.24) is 0 Å². The van der Waals surface area contributed by atoms with E-state index in [0.29, 0.717) is 0 Å². The predicted octanol–water partition coefficient (Wildman–Crippen LogP) is 3.40. The van der Waals surface area contributed by atoms with Crippen molar-refractivity contribution in [2.24, 2.45) is 0 Å². The molecule has 0 bridgehead atoms. The third kappa shape index (κ3) is 3.93. The topological polar surface area (TPSA) is 23.5 Å². The molecule has 0 atom stereocenters. The smallest absolute Gasteiger partial charge is 0.0453 e. The zero-order valence-corrected chi connectivity index (χ0v) is 12.0. The summed E-state index contributed by atoms with van der Waals surface area (Å²) >= 11 is 1.85. The van der Waals surface area contributed by atoms with Crippen molar-refractivity contribution < 1.29 is 5.11 Å². The molecule has 1 aromatic carbocycles. The average Bonchev–Trinajstić information content (AvgIpc) is 2.29. The lowest BCUT2D eigenvalue weighted by atomic mass is 9.98.